The van der Waals surface area contributed by atoms with E-state index in [0.717, 1.165) is 0 Å². The lowest BCUT2D eigenvalue weighted by Crippen LogP contribution is -1.98. The largest absolute Gasteiger partial charge is 0.465 e. The fourth-order valence-corrected chi connectivity index (χ4v) is 1.46. The fourth-order valence-electron chi connectivity index (χ4n) is 1.03. The van der Waals surface area contributed by atoms with Gasteiger partial charge in [0.25, 0.3) is 5.69 Å². The third kappa shape index (κ3) is 3.16. The van der Waals surface area contributed by atoms with E-state index >= 15 is 0 Å². The number of carbonyl (C=O) groups excluding carboxylic acids is 1. The van der Waals surface area contributed by atoms with Gasteiger partial charge in [-0.15, -0.1) is 0 Å². The highest BCUT2D eigenvalue weighted by Crippen LogP contribution is 2.18. The van der Waals surface area contributed by atoms with Crippen molar-refractivity contribution in [2.24, 2.45) is 0 Å². The molecule has 0 amide bonds. The van der Waals surface area contributed by atoms with E-state index in [4.69, 9.17) is 0 Å². The summed E-state index contributed by atoms with van der Waals surface area (Å²) < 4.78 is 4.68. The van der Waals surface area contributed by atoms with Crippen LogP contribution in [0.5, 0.6) is 0 Å². The van der Waals surface area contributed by atoms with Gasteiger partial charge in [-0.25, -0.2) is 4.79 Å². The molecule has 84 valence electrons. The van der Waals surface area contributed by atoms with Crippen LogP contribution >= 0.6 is 15.9 Å². The van der Waals surface area contributed by atoms with Gasteiger partial charge in [0.2, 0.25) is 0 Å². The van der Waals surface area contributed by atoms with Gasteiger partial charge in [0.15, 0.2) is 0 Å². The molecular formula is C10H8BrNO4. The number of rotatable bonds is 3. The van der Waals surface area contributed by atoms with Crippen LogP contribution in [0.1, 0.15) is 5.56 Å². The maximum Gasteiger partial charge on any atom is 0.344 e. The molecule has 0 aliphatic rings. The fraction of sp³-hybridized carbons (Fsp3) is 0.100. The molecule has 0 radical (unpaired) electrons. The number of nitro groups is 1. The summed E-state index contributed by atoms with van der Waals surface area (Å²) in [7, 11) is 1.25. The molecule has 0 heterocycles. The van der Waals surface area contributed by atoms with Crippen LogP contribution in [0.3, 0.4) is 0 Å². The molecule has 0 saturated carbocycles. The van der Waals surface area contributed by atoms with Gasteiger partial charge in [0, 0.05) is 12.1 Å². The second-order valence-electron chi connectivity index (χ2n) is 2.84. The molecule has 0 atom stereocenters. The number of hydrogen-bond donors (Lipinski definition) is 0. The number of hydrogen-bond acceptors (Lipinski definition) is 4. The monoisotopic (exact) mass is 285 g/mol. The molecular weight excluding hydrogens is 278 g/mol. The van der Waals surface area contributed by atoms with Gasteiger partial charge >= 0.3 is 5.97 Å². The third-order valence-electron chi connectivity index (χ3n) is 1.75. The third-order valence-corrected chi connectivity index (χ3v) is 2.31. The molecule has 0 saturated heterocycles. The zero-order chi connectivity index (χ0) is 12.1. The van der Waals surface area contributed by atoms with Crippen molar-refractivity contribution in [2.45, 2.75) is 0 Å². The molecule has 0 aliphatic carbocycles. The Balaban J connectivity index is 3.02. The minimum Gasteiger partial charge on any atom is -0.465 e. The van der Waals surface area contributed by atoms with Crippen molar-refractivity contribution >= 4 is 33.7 Å². The number of esters is 1. The Labute approximate surface area is 100.0 Å². The Morgan fingerprint density at radius 3 is 2.81 bits per heavy atom. The molecule has 0 bridgehead atoms. The van der Waals surface area contributed by atoms with E-state index < -0.39 is 10.9 Å². The molecule has 0 N–H and O–H groups in total. The predicted octanol–water partition coefficient (Wildman–Crippen LogP) is 2.50. The van der Waals surface area contributed by atoms with Crippen LogP contribution < -0.4 is 0 Å². The topological polar surface area (TPSA) is 69.4 Å². The van der Waals surface area contributed by atoms with Crippen LogP contribution in [-0.4, -0.2) is 18.0 Å². The number of methoxy groups -OCH3 is 1. The van der Waals surface area contributed by atoms with Crippen molar-refractivity contribution in [2.75, 3.05) is 7.11 Å². The van der Waals surface area contributed by atoms with Gasteiger partial charge in [0.05, 0.1) is 12.0 Å². The Morgan fingerprint density at radius 2 is 2.25 bits per heavy atom. The highest BCUT2D eigenvalue weighted by Gasteiger charge is 2.08. The van der Waals surface area contributed by atoms with Crippen molar-refractivity contribution < 1.29 is 14.5 Å². The summed E-state index contributed by atoms with van der Waals surface area (Å²) in [6.07, 6.45) is 1.46. The molecule has 6 heteroatoms. The lowest BCUT2D eigenvalue weighted by atomic mass is 10.2. The van der Waals surface area contributed by atoms with Crippen LogP contribution in [0.25, 0.3) is 6.08 Å². The summed E-state index contributed by atoms with van der Waals surface area (Å²) in [5, 5.41) is 10.5. The number of benzene rings is 1. The van der Waals surface area contributed by atoms with Crippen molar-refractivity contribution in [3.63, 3.8) is 0 Å². The summed E-state index contributed by atoms with van der Waals surface area (Å²) >= 11 is 3.02. The smallest absolute Gasteiger partial charge is 0.344 e. The normalized spacial score (nSPS) is 11.0. The molecule has 0 spiro atoms. The zero-order valence-electron chi connectivity index (χ0n) is 8.34. The lowest BCUT2D eigenvalue weighted by molar-refractivity contribution is -0.384. The summed E-state index contributed by atoms with van der Waals surface area (Å²) in [4.78, 5) is 21.1. The number of halogens is 1. The molecule has 1 aromatic carbocycles. The van der Waals surface area contributed by atoms with E-state index in [0.29, 0.717) is 5.56 Å². The van der Waals surface area contributed by atoms with Crippen molar-refractivity contribution in [3.8, 4) is 0 Å². The Kier molecular flexibility index (Phi) is 4.19. The maximum atomic E-state index is 11.1. The van der Waals surface area contributed by atoms with Crippen LogP contribution in [0.4, 0.5) is 5.69 Å². The van der Waals surface area contributed by atoms with Gasteiger partial charge in [-0.1, -0.05) is 12.1 Å². The van der Waals surface area contributed by atoms with Gasteiger partial charge < -0.3 is 4.74 Å². The number of nitro benzene ring substituents is 1. The van der Waals surface area contributed by atoms with Crippen molar-refractivity contribution in [3.05, 3.63) is 44.4 Å². The summed E-state index contributed by atoms with van der Waals surface area (Å²) in [6.45, 7) is 0. The molecule has 1 aromatic rings. The quantitative estimate of drug-likeness (QED) is 0.370. The van der Waals surface area contributed by atoms with Gasteiger partial charge in [-0.3, -0.25) is 10.1 Å². The first-order valence-electron chi connectivity index (χ1n) is 4.24. The SMILES string of the molecule is COC(=O)/C(Br)=C\c1cccc([N+](=O)[O-])c1. The number of ether oxygens (including phenoxy) is 1. The number of carbonyl (C=O) groups is 1. The predicted molar refractivity (Wildman–Crippen MR) is 62.0 cm³/mol. The van der Waals surface area contributed by atoms with E-state index in [2.05, 4.69) is 20.7 Å². The molecule has 0 unspecified atom stereocenters. The van der Waals surface area contributed by atoms with Crippen LogP contribution in [-0.2, 0) is 9.53 Å². The number of nitrogens with zero attached hydrogens (tertiary/aromatic N) is 1. The van der Waals surface area contributed by atoms with Crippen molar-refractivity contribution in [1.29, 1.82) is 0 Å². The molecule has 1 rings (SSSR count). The van der Waals surface area contributed by atoms with Crippen LogP contribution in [0.2, 0.25) is 0 Å². The minimum atomic E-state index is -0.536. The highest BCUT2D eigenvalue weighted by molar-refractivity contribution is 9.12. The lowest BCUT2D eigenvalue weighted by Gasteiger charge is -1.97. The first kappa shape index (κ1) is 12.4. The summed E-state index contributed by atoms with van der Waals surface area (Å²) in [5.74, 6) is -0.536. The first-order valence-corrected chi connectivity index (χ1v) is 5.04. The molecule has 5 nitrogen and oxygen atoms in total. The average molecular weight is 286 g/mol. The van der Waals surface area contributed by atoms with Crippen LogP contribution in [0.15, 0.2) is 28.7 Å². The second-order valence-corrected chi connectivity index (χ2v) is 3.69. The van der Waals surface area contributed by atoms with Gasteiger partial charge in [-0.05, 0) is 27.6 Å². The number of non-ortho nitro benzene ring substituents is 1. The standard InChI is InChI=1S/C10H8BrNO4/c1-16-10(13)9(11)6-7-3-2-4-8(5-7)12(14)15/h2-6H,1H3/b9-6+. The summed E-state index contributed by atoms with van der Waals surface area (Å²) in [6, 6.07) is 5.94. The van der Waals surface area contributed by atoms with Crippen molar-refractivity contribution in [1.82, 2.24) is 0 Å². The van der Waals surface area contributed by atoms with Gasteiger partial charge in [-0.2, -0.15) is 0 Å². The Morgan fingerprint density at radius 1 is 1.56 bits per heavy atom. The zero-order valence-corrected chi connectivity index (χ0v) is 9.93. The van der Waals surface area contributed by atoms with E-state index in [-0.39, 0.29) is 10.2 Å². The maximum absolute atomic E-state index is 11.1. The van der Waals surface area contributed by atoms with E-state index in [1.807, 2.05) is 0 Å². The van der Waals surface area contributed by atoms with E-state index in [1.54, 1.807) is 12.1 Å². The highest BCUT2D eigenvalue weighted by atomic mass is 79.9. The van der Waals surface area contributed by atoms with Crippen LogP contribution in [0, 0.1) is 10.1 Å². The summed E-state index contributed by atoms with van der Waals surface area (Å²) in [5.41, 5.74) is 0.519. The second kappa shape index (κ2) is 5.41. The Hall–Kier alpha value is -1.69. The van der Waals surface area contributed by atoms with E-state index in [9.17, 15) is 14.9 Å². The molecule has 0 aromatic heterocycles. The minimum absolute atomic E-state index is 0.0288. The van der Waals surface area contributed by atoms with E-state index in [1.165, 1.54) is 25.3 Å². The Bertz CT molecular complexity index is 456. The molecule has 0 aliphatic heterocycles. The van der Waals surface area contributed by atoms with Gasteiger partial charge in [0.1, 0.15) is 4.48 Å². The first-order chi connectivity index (χ1) is 7.54. The molecule has 16 heavy (non-hydrogen) atoms. The average Bonchev–Trinajstić information content (AvgIpc) is 2.28. The molecule has 0 fully saturated rings.